The van der Waals surface area contributed by atoms with Gasteiger partial charge >= 0.3 is 5.97 Å². The smallest absolute Gasteiger partial charge is 0.303 e. The van der Waals surface area contributed by atoms with Crippen molar-refractivity contribution in [3.05, 3.63) is 24.0 Å². The molecule has 1 saturated heterocycles. The van der Waals surface area contributed by atoms with Crippen molar-refractivity contribution in [2.45, 2.75) is 38.1 Å². The van der Waals surface area contributed by atoms with Crippen LogP contribution in [0.25, 0.3) is 0 Å². The molecule has 0 spiro atoms. The molecule has 102 valence electrons. The van der Waals surface area contributed by atoms with Crippen molar-refractivity contribution < 1.29 is 14.7 Å². The van der Waals surface area contributed by atoms with E-state index in [4.69, 9.17) is 5.11 Å². The molecule has 1 amide bonds. The average molecular weight is 263 g/mol. The lowest BCUT2D eigenvalue weighted by Crippen LogP contribution is -2.44. The number of aliphatic carboxylic acids is 1. The lowest BCUT2D eigenvalue weighted by Gasteiger charge is -2.35. The monoisotopic (exact) mass is 263 g/mol. The van der Waals surface area contributed by atoms with Crippen LogP contribution < -0.4 is 0 Å². The van der Waals surface area contributed by atoms with Crippen LogP contribution in [0, 0.1) is 0 Å². The fraction of sp³-hybridized carbons (Fsp3) is 0.538. The van der Waals surface area contributed by atoms with Crippen molar-refractivity contribution in [2.24, 2.45) is 0 Å². The molecule has 1 atom stereocenters. The molecule has 1 aliphatic heterocycles. The Kier molecular flexibility index (Phi) is 4.43. The fourth-order valence-corrected chi connectivity index (χ4v) is 2.44. The van der Waals surface area contributed by atoms with E-state index in [0.29, 0.717) is 18.5 Å². The molecule has 1 unspecified atom stereocenters. The second-order valence-corrected chi connectivity index (χ2v) is 4.71. The summed E-state index contributed by atoms with van der Waals surface area (Å²) in [4.78, 5) is 24.8. The van der Waals surface area contributed by atoms with Gasteiger partial charge in [0.2, 0.25) is 0 Å². The minimum Gasteiger partial charge on any atom is -0.481 e. The van der Waals surface area contributed by atoms with Crippen molar-refractivity contribution >= 4 is 11.9 Å². The third kappa shape index (κ3) is 3.49. The van der Waals surface area contributed by atoms with Crippen LogP contribution in [0.4, 0.5) is 0 Å². The van der Waals surface area contributed by atoms with Gasteiger partial charge in [-0.1, -0.05) is 0 Å². The van der Waals surface area contributed by atoms with Crippen molar-refractivity contribution in [3.63, 3.8) is 0 Å². The summed E-state index contributed by atoms with van der Waals surface area (Å²) < 4.78 is 0. The maximum absolute atomic E-state index is 12.4. The Morgan fingerprint density at radius 2 is 2.21 bits per heavy atom. The number of carboxylic acids is 1. The predicted octanol–water partition coefficient (Wildman–Crippen LogP) is 1.34. The van der Waals surface area contributed by atoms with Crippen LogP contribution in [0.3, 0.4) is 0 Å². The predicted molar refractivity (Wildman–Crippen MR) is 67.6 cm³/mol. The Labute approximate surface area is 111 Å². The molecule has 19 heavy (non-hydrogen) atoms. The number of hydrogen-bond donors (Lipinski definition) is 1. The number of hydrogen-bond acceptors (Lipinski definition) is 4. The first kappa shape index (κ1) is 13.5. The summed E-state index contributed by atoms with van der Waals surface area (Å²) in [7, 11) is 0. The Hall–Kier alpha value is -1.98. The molecule has 0 saturated carbocycles. The zero-order valence-electron chi connectivity index (χ0n) is 10.7. The molecule has 0 bridgehead atoms. The minimum atomic E-state index is -0.816. The number of nitrogens with zero attached hydrogens (tertiary/aromatic N) is 3. The second kappa shape index (κ2) is 6.26. The van der Waals surface area contributed by atoms with E-state index in [9.17, 15) is 9.59 Å². The molecule has 1 N–H and O–H groups in total. The molecule has 1 aliphatic rings. The van der Waals surface area contributed by atoms with Gasteiger partial charge in [-0.05, 0) is 31.7 Å². The third-order valence-electron chi connectivity index (χ3n) is 3.41. The van der Waals surface area contributed by atoms with Gasteiger partial charge < -0.3 is 10.0 Å². The number of piperidine rings is 1. The highest BCUT2D eigenvalue weighted by molar-refractivity contribution is 5.94. The number of amides is 1. The average Bonchev–Trinajstić information content (AvgIpc) is 2.45. The van der Waals surface area contributed by atoms with Gasteiger partial charge in [0, 0.05) is 19.0 Å². The molecule has 1 fully saturated rings. The first-order valence-corrected chi connectivity index (χ1v) is 6.48. The zero-order valence-corrected chi connectivity index (χ0v) is 10.7. The highest BCUT2D eigenvalue weighted by atomic mass is 16.4. The van der Waals surface area contributed by atoms with Crippen LogP contribution in [-0.2, 0) is 4.79 Å². The lowest BCUT2D eigenvalue weighted by atomic mass is 9.97. The van der Waals surface area contributed by atoms with Gasteiger partial charge in [-0.15, -0.1) is 0 Å². The van der Waals surface area contributed by atoms with Crippen LogP contribution in [0.2, 0.25) is 0 Å². The van der Waals surface area contributed by atoms with Gasteiger partial charge in [0.05, 0.1) is 18.0 Å². The summed E-state index contributed by atoms with van der Waals surface area (Å²) >= 11 is 0. The Morgan fingerprint density at radius 1 is 1.37 bits per heavy atom. The summed E-state index contributed by atoms with van der Waals surface area (Å²) in [6.45, 7) is 0.686. The summed E-state index contributed by atoms with van der Waals surface area (Å²) in [6, 6.07) is 1.66. The molecule has 1 aromatic heterocycles. The maximum atomic E-state index is 12.4. The van der Waals surface area contributed by atoms with Crippen LogP contribution >= 0.6 is 0 Å². The second-order valence-electron chi connectivity index (χ2n) is 4.71. The van der Waals surface area contributed by atoms with Crippen molar-refractivity contribution in [2.75, 3.05) is 6.54 Å². The number of carbonyl (C=O) groups is 2. The lowest BCUT2D eigenvalue weighted by molar-refractivity contribution is -0.137. The van der Waals surface area contributed by atoms with Crippen LogP contribution in [0.15, 0.2) is 18.5 Å². The third-order valence-corrected chi connectivity index (χ3v) is 3.41. The molecular formula is C13H17N3O3. The maximum Gasteiger partial charge on any atom is 0.303 e. The summed E-state index contributed by atoms with van der Waals surface area (Å²) in [5.74, 6) is -0.895. The van der Waals surface area contributed by atoms with Gasteiger partial charge in [0.25, 0.3) is 5.91 Å². The minimum absolute atomic E-state index is 0.0190. The number of aromatic nitrogens is 2. The van der Waals surface area contributed by atoms with E-state index in [2.05, 4.69) is 10.2 Å². The Balaban J connectivity index is 2.06. The van der Waals surface area contributed by atoms with Crippen LogP contribution in [-0.4, -0.2) is 44.7 Å². The molecule has 2 heterocycles. The number of rotatable bonds is 4. The van der Waals surface area contributed by atoms with E-state index in [0.717, 1.165) is 19.3 Å². The molecule has 6 heteroatoms. The topological polar surface area (TPSA) is 83.4 Å². The first-order valence-electron chi connectivity index (χ1n) is 6.48. The van der Waals surface area contributed by atoms with Crippen LogP contribution in [0.1, 0.15) is 42.5 Å². The number of carboxylic acid groups (broad SMARTS) is 1. The molecule has 6 nitrogen and oxygen atoms in total. The van der Waals surface area contributed by atoms with E-state index < -0.39 is 5.97 Å². The standard InChI is InChI=1S/C13H17N3O3/c17-12(18)5-4-11-3-1-2-8-16(11)13(19)10-6-7-14-15-9-10/h6-7,9,11H,1-5,8H2,(H,17,18). The summed E-state index contributed by atoms with van der Waals surface area (Å²) in [6.07, 6.45) is 6.44. The molecule has 0 radical (unpaired) electrons. The molecular weight excluding hydrogens is 246 g/mol. The van der Waals surface area contributed by atoms with E-state index in [1.54, 1.807) is 11.0 Å². The van der Waals surface area contributed by atoms with Gasteiger partial charge in [-0.3, -0.25) is 9.59 Å². The molecule has 2 rings (SSSR count). The number of carbonyl (C=O) groups excluding carboxylic acids is 1. The van der Waals surface area contributed by atoms with Crippen LogP contribution in [0.5, 0.6) is 0 Å². The summed E-state index contributed by atoms with van der Waals surface area (Å²) in [5.41, 5.74) is 0.511. The van der Waals surface area contributed by atoms with Crippen molar-refractivity contribution in [1.82, 2.24) is 15.1 Å². The van der Waals surface area contributed by atoms with Crippen molar-refractivity contribution in [3.8, 4) is 0 Å². The highest BCUT2D eigenvalue weighted by Crippen LogP contribution is 2.22. The fourth-order valence-electron chi connectivity index (χ4n) is 2.44. The molecule has 0 aromatic carbocycles. The van der Waals surface area contributed by atoms with E-state index >= 15 is 0 Å². The Bertz CT molecular complexity index is 450. The van der Waals surface area contributed by atoms with Gasteiger partial charge in [0.15, 0.2) is 0 Å². The SMILES string of the molecule is O=C(O)CCC1CCCCN1C(=O)c1ccnnc1. The van der Waals surface area contributed by atoms with Crippen molar-refractivity contribution in [1.29, 1.82) is 0 Å². The van der Waals surface area contributed by atoms with Gasteiger partial charge in [0.1, 0.15) is 0 Å². The van der Waals surface area contributed by atoms with Gasteiger partial charge in [-0.25, -0.2) is 0 Å². The van der Waals surface area contributed by atoms with E-state index in [1.807, 2.05) is 0 Å². The summed E-state index contributed by atoms with van der Waals surface area (Å²) in [5, 5.41) is 16.1. The first-order chi connectivity index (χ1) is 9.18. The zero-order chi connectivity index (χ0) is 13.7. The normalized spacial score (nSPS) is 19.2. The Morgan fingerprint density at radius 3 is 2.89 bits per heavy atom. The molecule has 1 aromatic rings. The largest absolute Gasteiger partial charge is 0.481 e. The van der Waals surface area contributed by atoms with Gasteiger partial charge in [-0.2, -0.15) is 10.2 Å². The quantitative estimate of drug-likeness (QED) is 0.886. The van der Waals surface area contributed by atoms with E-state index in [1.165, 1.54) is 12.4 Å². The highest BCUT2D eigenvalue weighted by Gasteiger charge is 2.27. The molecule has 0 aliphatic carbocycles. The van der Waals surface area contributed by atoms with E-state index in [-0.39, 0.29) is 18.4 Å². The number of likely N-dealkylation sites (tertiary alicyclic amines) is 1.